The molecule has 0 radical (unpaired) electrons. The van der Waals surface area contributed by atoms with Gasteiger partial charge in [0.05, 0.1) is 18.9 Å². The number of ether oxygens (including phenoxy) is 2. The molecule has 2 heterocycles. The molecule has 3 rings (SSSR count). The molecule has 0 aromatic carbocycles. The van der Waals surface area contributed by atoms with Crippen molar-refractivity contribution in [3.8, 4) is 5.75 Å². The predicted octanol–water partition coefficient (Wildman–Crippen LogP) is 3.00. The Morgan fingerprint density at radius 3 is 2.94 bits per heavy atom. The molecule has 0 amide bonds. The van der Waals surface area contributed by atoms with Gasteiger partial charge in [-0.25, -0.2) is 0 Å². The van der Waals surface area contributed by atoms with Gasteiger partial charge in [0, 0.05) is 19.1 Å². The summed E-state index contributed by atoms with van der Waals surface area (Å²) >= 11 is 3.60. The van der Waals surface area contributed by atoms with Crippen LogP contribution in [-0.2, 0) is 11.3 Å². The minimum atomic E-state index is 0.383. The first-order valence-corrected chi connectivity index (χ1v) is 7.58. The molecule has 100 valence electrons. The van der Waals surface area contributed by atoms with E-state index in [0.717, 1.165) is 36.5 Å². The van der Waals surface area contributed by atoms with Crippen LogP contribution in [0, 0.1) is 5.92 Å². The molecular weight excluding hydrogens is 296 g/mol. The summed E-state index contributed by atoms with van der Waals surface area (Å²) in [6.07, 6.45) is 8.27. The van der Waals surface area contributed by atoms with E-state index in [1.54, 1.807) is 0 Å². The third-order valence-corrected chi connectivity index (χ3v) is 4.60. The Morgan fingerprint density at radius 2 is 2.22 bits per heavy atom. The zero-order chi connectivity index (χ0) is 12.4. The van der Waals surface area contributed by atoms with Crippen molar-refractivity contribution in [2.24, 2.45) is 5.92 Å². The van der Waals surface area contributed by atoms with Crippen LogP contribution < -0.4 is 4.74 Å². The van der Waals surface area contributed by atoms with E-state index in [9.17, 15) is 0 Å². The second kappa shape index (κ2) is 5.61. The van der Waals surface area contributed by atoms with Crippen molar-refractivity contribution in [3.63, 3.8) is 0 Å². The maximum absolute atomic E-state index is 5.99. The lowest BCUT2D eigenvalue weighted by Gasteiger charge is -2.12. The van der Waals surface area contributed by atoms with Crippen molar-refractivity contribution in [1.29, 1.82) is 0 Å². The maximum Gasteiger partial charge on any atom is 0.172 e. The summed E-state index contributed by atoms with van der Waals surface area (Å²) in [5.74, 6) is 1.47. The average Bonchev–Trinajstić information content (AvgIpc) is 3.08. The molecular formula is C13H19BrN2O2. The molecule has 1 saturated heterocycles. The fourth-order valence-electron chi connectivity index (χ4n) is 2.72. The lowest BCUT2D eigenvalue weighted by molar-refractivity contribution is 0.181. The summed E-state index contributed by atoms with van der Waals surface area (Å²) in [7, 11) is 0. The summed E-state index contributed by atoms with van der Waals surface area (Å²) in [5.41, 5.74) is 0. The first-order valence-electron chi connectivity index (χ1n) is 6.78. The second-order valence-corrected chi connectivity index (χ2v) is 5.99. The highest BCUT2D eigenvalue weighted by atomic mass is 79.9. The molecule has 0 spiro atoms. The van der Waals surface area contributed by atoms with Crippen LogP contribution in [0.15, 0.2) is 10.8 Å². The second-order valence-electron chi connectivity index (χ2n) is 5.24. The van der Waals surface area contributed by atoms with E-state index in [-0.39, 0.29) is 0 Å². The van der Waals surface area contributed by atoms with Crippen molar-refractivity contribution in [3.05, 3.63) is 10.8 Å². The van der Waals surface area contributed by atoms with Gasteiger partial charge >= 0.3 is 0 Å². The van der Waals surface area contributed by atoms with Crippen molar-refractivity contribution in [2.45, 2.75) is 44.8 Å². The lowest BCUT2D eigenvalue weighted by atomic mass is 10.1. The van der Waals surface area contributed by atoms with Crippen molar-refractivity contribution in [1.82, 2.24) is 9.78 Å². The van der Waals surface area contributed by atoms with E-state index >= 15 is 0 Å². The Labute approximate surface area is 116 Å². The minimum absolute atomic E-state index is 0.383. The zero-order valence-corrected chi connectivity index (χ0v) is 12.1. The SMILES string of the molecule is Brc1c(OC2CCCC2)cnn1CC1CCOC1. The van der Waals surface area contributed by atoms with Crippen LogP contribution in [0.25, 0.3) is 0 Å². The Balaban J connectivity index is 1.63. The fraction of sp³-hybridized carbons (Fsp3) is 0.769. The van der Waals surface area contributed by atoms with Gasteiger partial charge in [-0.3, -0.25) is 4.68 Å². The number of aromatic nitrogens is 2. The Hall–Kier alpha value is -0.550. The molecule has 1 saturated carbocycles. The molecule has 0 bridgehead atoms. The van der Waals surface area contributed by atoms with Gasteiger partial charge in [-0.1, -0.05) is 0 Å². The van der Waals surface area contributed by atoms with Crippen LogP contribution in [0.4, 0.5) is 0 Å². The van der Waals surface area contributed by atoms with Gasteiger partial charge in [0.2, 0.25) is 0 Å². The van der Waals surface area contributed by atoms with Gasteiger partial charge in [-0.2, -0.15) is 5.10 Å². The molecule has 18 heavy (non-hydrogen) atoms. The molecule has 1 aromatic heterocycles. The van der Waals surface area contributed by atoms with E-state index in [1.165, 1.54) is 25.7 Å². The van der Waals surface area contributed by atoms with Crippen molar-refractivity contribution in [2.75, 3.05) is 13.2 Å². The lowest BCUT2D eigenvalue weighted by Crippen LogP contribution is -2.13. The summed E-state index contributed by atoms with van der Waals surface area (Å²) in [5, 5.41) is 4.41. The van der Waals surface area contributed by atoms with Crippen LogP contribution in [0.1, 0.15) is 32.1 Å². The molecule has 5 heteroatoms. The largest absolute Gasteiger partial charge is 0.486 e. The molecule has 2 aliphatic rings. The van der Waals surface area contributed by atoms with Crippen molar-refractivity contribution < 1.29 is 9.47 Å². The smallest absolute Gasteiger partial charge is 0.172 e. The number of hydrogen-bond acceptors (Lipinski definition) is 3. The van der Waals surface area contributed by atoms with Gasteiger partial charge in [0.1, 0.15) is 4.60 Å². The summed E-state index contributed by atoms with van der Waals surface area (Å²) in [4.78, 5) is 0. The Kier molecular flexibility index (Phi) is 3.89. The van der Waals surface area contributed by atoms with Crippen LogP contribution in [0.5, 0.6) is 5.75 Å². The molecule has 1 atom stereocenters. The van der Waals surface area contributed by atoms with E-state index in [0.29, 0.717) is 12.0 Å². The Bertz CT molecular complexity index is 360. The van der Waals surface area contributed by atoms with E-state index in [4.69, 9.17) is 9.47 Å². The highest BCUT2D eigenvalue weighted by Crippen LogP contribution is 2.30. The highest BCUT2D eigenvalue weighted by molar-refractivity contribution is 9.10. The maximum atomic E-state index is 5.99. The molecule has 0 N–H and O–H groups in total. The first kappa shape index (κ1) is 12.5. The third kappa shape index (κ3) is 2.72. The minimum Gasteiger partial charge on any atom is -0.486 e. The molecule has 4 nitrogen and oxygen atoms in total. The van der Waals surface area contributed by atoms with Crippen LogP contribution in [0.3, 0.4) is 0 Å². The van der Waals surface area contributed by atoms with E-state index < -0.39 is 0 Å². The average molecular weight is 315 g/mol. The van der Waals surface area contributed by atoms with Gasteiger partial charge in [-0.15, -0.1) is 0 Å². The quantitative estimate of drug-likeness (QED) is 0.857. The first-order chi connectivity index (χ1) is 8.83. The monoisotopic (exact) mass is 314 g/mol. The van der Waals surface area contributed by atoms with Gasteiger partial charge in [-0.05, 0) is 48.0 Å². The Morgan fingerprint density at radius 1 is 1.39 bits per heavy atom. The van der Waals surface area contributed by atoms with E-state index in [2.05, 4.69) is 21.0 Å². The van der Waals surface area contributed by atoms with Crippen LogP contribution >= 0.6 is 15.9 Å². The van der Waals surface area contributed by atoms with Crippen molar-refractivity contribution >= 4 is 15.9 Å². The standard InChI is InChI=1S/C13H19BrN2O2/c14-13-12(18-11-3-1-2-4-11)7-15-16(13)8-10-5-6-17-9-10/h7,10-11H,1-6,8-9H2. The van der Waals surface area contributed by atoms with Gasteiger partial charge in [0.15, 0.2) is 5.75 Å². The summed E-state index contributed by atoms with van der Waals surface area (Å²) < 4.78 is 14.3. The van der Waals surface area contributed by atoms with Crippen LogP contribution in [0.2, 0.25) is 0 Å². The van der Waals surface area contributed by atoms with Gasteiger partial charge in [0.25, 0.3) is 0 Å². The third-order valence-electron chi connectivity index (χ3n) is 3.80. The number of rotatable bonds is 4. The number of nitrogens with zero attached hydrogens (tertiary/aromatic N) is 2. The van der Waals surface area contributed by atoms with Gasteiger partial charge < -0.3 is 9.47 Å². The fourth-order valence-corrected chi connectivity index (χ4v) is 3.15. The number of halogens is 1. The molecule has 1 aliphatic carbocycles. The predicted molar refractivity (Wildman–Crippen MR) is 71.7 cm³/mol. The summed E-state index contributed by atoms with van der Waals surface area (Å²) in [6, 6.07) is 0. The normalized spacial score (nSPS) is 24.8. The number of hydrogen-bond donors (Lipinski definition) is 0. The van der Waals surface area contributed by atoms with E-state index in [1.807, 2.05) is 10.9 Å². The topological polar surface area (TPSA) is 36.3 Å². The van der Waals surface area contributed by atoms with Crippen LogP contribution in [-0.4, -0.2) is 29.1 Å². The summed E-state index contributed by atoms with van der Waals surface area (Å²) in [6.45, 7) is 2.65. The molecule has 2 fully saturated rings. The highest BCUT2D eigenvalue weighted by Gasteiger charge is 2.22. The molecule has 1 aromatic rings. The molecule has 1 aliphatic heterocycles. The zero-order valence-electron chi connectivity index (χ0n) is 10.5. The molecule has 1 unspecified atom stereocenters.